The predicted molar refractivity (Wildman–Crippen MR) is 58.8 cm³/mol. The van der Waals surface area contributed by atoms with E-state index in [1.807, 2.05) is 17.8 Å². The highest BCUT2D eigenvalue weighted by atomic mass is 32.2. The van der Waals surface area contributed by atoms with Gasteiger partial charge in [0.05, 0.1) is 0 Å². The molecular weight excluding hydrogens is 178 g/mol. The Kier molecular flexibility index (Phi) is 2.42. The number of fused-ring (bicyclic) bond motifs is 1. The van der Waals surface area contributed by atoms with E-state index in [2.05, 4.69) is 24.8 Å². The SMILES string of the molecule is C=Cc1ccc2c(c1)SCC[C@@H]2N. The van der Waals surface area contributed by atoms with E-state index in [1.54, 1.807) is 0 Å². The Bertz CT molecular complexity index is 333. The number of nitrogens with two attached hydrogens (primary N) is 1. The Morgan fingerprint density at radius 3 is 3.15 bits per heavy atom. The summed E-state index contributed by atoms with van der Waals surface area (Å²) in [4.78, 5) is 1.33. The average molecular weight is 191 g/mol. The number of rotatable bonds is 1. The number of hydrogen-bond acceptors (Lipinski definition) is 2. The second-order valence-electron chi connectivity index (χ2n) is 3.25. The maximum atomic E-state index is 6.00. The van der Waals surface area contributed by atoms with Crippen molar-refractivity contribution in [3.63, 3.8) is 0 Å². The van der Waals surface area contributed by atoms with Crippen LogP contribution >= 0.6 is 11.8 Å². The molecule has 0 amide bonds. The molecule has 0 bridgehead atoms. The minimum absolute atomic E-state index is 0.232. The molecule has 1 aromatic rings. The molecule has 2 N–H and O–H groups in total. The summed E-state index contributed by atoms with van der Waals surface area (Å²) < 4.78 is 0. The van der Waals surface area contributed by atoms with E-state index in [4.69, 9.17) is 5.73 Å². The third kappa shape index (κ3) is 1.64. The van der Waals surface area contributed by atoms with Gasteiger partial charge in [-0.25, -0.2) is 0 Å². The highest BCUT2D eigenvalue weighted by Crippen LogP contribution is 2.35. The maximum absolute atomic E-state index is 6.00. The van der Waals surface area contributed by atoms with Gasteiger partial charge in [0.15, 0.2) is 0 Å². The van der Waals surface area contributed by atoms with Gasteiger partial charge < -0.3 is 5.73 Å². The molecule has 0 fully saturated rings. The van der Waals surface area contributed by atoms with Crippen LogP contribution in [0.25, 0.3) is 6.08 Å². The van der Waals surface area contributed by atoms with Crippen LogP contribution < -0.4 is 5.73 Å². The van der Waals surface area contributed by atoms with Crippen molar-refractivity contribution < 1.29 is 0 Å². The standard InChI is InChI=1S/C11H13NS/c1-2-8-3-4-9-10(12)5-6-13-11(9)7-8/h2-4,7,10H,1,5-6,12H2/t10-/m0/s1. The van der Waals surface area contributed by atoms with E-state index in [0.717, 1.165) is 12.2 Å². The van der Waals surface area contributed by atoms with E-state index < -0.39 is 0 Å². The molecule has 1 heterocycles. The summed E-state index contributed by atoms with van der Waals surface area (Å²) in [7, 11) is 0. The van der Waals surface area contributed by atoms with Gasteiger partial charge in [-0.1, -0.05) is 24.8 Å². The van der Waals surface area contributed by atoms with Crippen LogP contribution in [0.4, 0.5) is 0 Å². The van der Waals surface area contributed by atoms with E-state index in [9.17, 15) is 0 Å². The molecule has 0 radical (unpaired) electrons. The zero-order valence-corrected chi connectivity index (χ0v) is 8.31. The molecule has 1 nitrogen and oxygen atoms in total. The van der Waals surface area contributed by atoms with Crippen LogP contribution in [0, 0.1) is 0 Å². The second-order valence-corrected chi connectivity index (χ2v) is 4.38. The molecule has 13 heavy (non-hydrogen) atoms. The molecule has 0 spiro atoms. The predicted octanol–water partition coefficient (Wildman–Crippen LogP) is 2.83. The van der Waals surface area contributed by atoms with Crippen LogP contribution in [0.2, 0.25) is 0 Å². The van der Waals surface area contributed by atoms with Gasteiger partial charge in [-0.3, -0.25) is 0 Å². The van der Waals surface area contributed by atoms with Crippen LogP contribution in [-0.4, -0.2) is 5.75 Å². The minimum atomic E-state index is 0.232. The molecule has 2 rings (SSSR count). The van der Waals surface area contributed by atoms with Crippen molar-refractivity contribution in [2.24, 2.45) is 5.73 Å². The molecule has 1 atom stereocenters. The Labute approximate surface area is 83.0 Å². The molecule has 1 aliphatic rings. The molecule has 0 aromatic heterocycles. The molecule has 0 saturated carbocycles. The van der Waals surface area contributed by atoms with Crippen molar-refractivity contribution in [1.82, 2.24) is 0 Å². The number of thioether (sulfide) groups is 1. The van der Waals surface area contributed by atoms with Gasteiger partial charge >= 0.3 is 0 Å². The first-order chi connectivity index (χ1) is 6.31. The van der Waals surface area contributed by atoms with Crippen molar-refractivity contribution in [2.45, 2.75) is 17.4 Å². The largest absolute Gasteiger partial charge is 0.324 e. The quantitative estimate of drug-likeness (QED) is 0.738. The van der Waals surface area contributed by atoms with Gasteiger partial charge in [0.1, 0.15) is 0 Å². The van der Waals surface area contributed by atoms with Gasteiger partial charge in [0.25, 0.3) is 0 Å². The highest BCUT2D eigenvalue weighted by Gasteiger charge is 2.16. The van der Waals surface area contributed by atoms with Crippen molar-refractivity contribution in [1.29, 1.82) is 0 Å². The Morgan fingerprint density at radius 2 is 2.38 bits per heavy atom. The molecule has 2 heteroatoms. The van der Waals surface area contributed by atoms with Crippen molar-refractivity contribution in [3.8, 4) is 0 Å². The lowest BCUT2D eigenvalue weighted by atomic mass is 10.0. The van der Waals surface area contributed by atoms with E-state index >= 15 is 0 Å². The normalized spacial score (nSPS) is 20.8. The van der Waals surface area contributed by atoms with Gasteiger partial charge in [-0.2, -0.15) is 0 Å². The maximum Gasteiger partial charge on any atom is 0.0314 e. The summed E-state index contributed by atoms with van der Waals surface area (Å²) in [5.74, 6) is 1.13. The molecule has 1 aliphatic heterocycles. The topological polar surface area (TPSA) is 26.0 Å². The summed E-state index contributed by atoms with van der Waals surface area (Å²) in [6, 6.07) is 6.61. The average Bonchev–Trinajstić information content (AvgIpc) is 2.18. The lowest BCUT2D eigenvalue weighted by Gasteiger charge is -2.21. The van der Waals surface area contributed by atoms with Crippen LogP contribution in [0.5, 0.6) is 0 Å². The molecule has 1 aromatic carbocycles. The lowest BCUT2D eigenvalue weighted by molar-refractivity contribution is 0.680. The zero-order chi connectivity index (χ0) is 9.26. The van der Waals surface area contributed by atoms with Gasteiger partial charge in [0, 0.05) is 10.9 Å². The Balaban J connectivity index is 2.45. The fraction of sp³-hybridized carbons (Fsp3) is 0.273. The van der Waals surface area contributed by atoms with Gasteiger partial charge in [-0.15, -0.1) is 11.8 Å². The monoisotopic (exact) mass is 191 g/mol. The summed E-state index contributed by atoms with van der Waals surface area (Å²) in [6.45, 7) is 3.76. The third-order valence-corrected chi connectivity index (χ3v) is 3.46. The van der Waals surface area contributed by atoms with E-state index in [-0.39, 0.29) is 6.04 Å². The first kappa shape index (κ1) is 8.85. The van der Waals surface area contributed by atoms with Gasteiger partial charge in [-0.05, 0) is 29.4 Å². The first-order valence-corrected chi connectivity index (χ1v) is 5.44. The van der Waals surface area contributed by atoms with Crippen LogP contribution in [0.15, 0.2) is 29.7 Å². The van der Waals surface area contributed by atoms with E-state index in [0.29, 0.717) is 0 Å². The molecule has 68 valence electrons. The smallest absolute Gasteiger partial charge is 0.0314 e. The molecule has 0 aliphatic carbocycles. The zero-order valence-electron chi connectivity index (χ0n) is 7.49. The summed E-state index contributed by atoms with van der Waals surface area (Å²) in [6.07, 6.45) is 2.96. The van der Waals surface area contributed by atoms with Crippen LogP contribution in [0.1, 0.15) is 23.6 Å². The fourth-order valence-corrected chi connectivity index (χ4v) is 2.76. The molecule has 0 saturated heterocycles. The highest BCUT2D eigenvalue weighted by molar-refractivity contribution is 7.99. The van der Waals surface area contributed by atoms with E-state index in [1.165, 1.54) is 16.0 Å². The van der Waals surface area contributed by atoms with Crippen LogP contribution in [0.3, 0.4) is 0 Å². The van der Waals surface area contributed by atoms with Gasteiger partial charge in [0.2, 0.25) is 0 Å². The Hall–Kier alpha value is -0.730. The molecule has 0 unspecified atom stereocenters. The van der Waals surface area contributed by atoms with Crippen molar-refractivity contribution in [2.75, 3.05) is 5.75 Å². The minimum Gasteiger partial charge on any atom is -0.324 e. The molecular formula is C11H13NS. The fourth-order valence-electron chi connectivity index (χ4n) is 1.56. The summed E-state index contributed by atoms with van der Waals surface area (Å²) in [5, 5.41) is 0. The van der Waals surface area contributed by atoms with Crippen molar-refractivity contribution >= 4 is 17.8 Å². The first-order valence-electron chi connectivity index (χ1n) is 4.46. The lowest BCUT2D eigenvalue weighted by Crippen LogP contribution is -2.15. The summed E-state index contributed by atoms with van der Waals surface area (Å²) in [5.41, 5.74) is 8.47. The van der Waals surface area contributed by atoms with Crippen molar-refractivity contribution in [3.05, 3.63) is 35.9 Å². The second kappa shape index (κ2) is 3.56. The van der Waals surface area contributed by atoms with Crippen LogP contribution in [-0.2, 0) is 0 Å². The number of benzene rings is 1. The summed E-state index contributed by atoms with van der Waals surface area (Å²) >= 11 is 1.89. The number of hydrogen-bond donors (Lipinski definition) is 1. The third-order valence-electron chi connectivity index (χ3n) is 2.36. The Morgan fingerprint density at radius 1 is 1.54 bits per heavy atom.